The van der Waals surface area contributed by atoms with Crippen LogP contribution in [-0.2, 0) is 0 Å². The van der Waals surface area contributed by atoms with Gasteiger partial charge in [0, 0.05) is 12.1 Å². The number of hydrogen-bond acceptors (Lipinski definition) is 2. The Hall–Kier alpha value is -0.0400. The zero-order valence-electron chi connectivity index (χ0n) is 10.9. The number of halogens is 1. The smallest absolute Gasteiger partial charge is 0.188 e. The van der Waals surface area contributed by atoms with Crippen LogP contribution in [0, 0.1) is 5.92 Å². The molecule has 3 N–H and O–H groups in total. The molecular weight excluding hydrogens is 327 g/mol. The van der Waals surface area contributed by atoms with Gasteiger partial charge < -0.3 is 11.1 Å². The van der Waals surface area contributed by atoms with Crippen molar-refractivity contribution in [1.82, 2.24) is 10.2 Å². The van der Waals surface area contributed by atoms with Crippen LogP contribution in [0.2, 0.25) is 0 Å². The minimum absolute atomic E-state index is 0. The monoisotopic (exact) mass is 352 g/mol. The Balaban J connectivity index is 0.00000144. The third kappa shape index (κ3) is 4.28. The van der Waals surface area contributed by atoms with Crippen molar-refractivity contribution in [3.63, 3.8) is 0 Å². The minimum Gasteiger partial charge on any atom is -0.370 e. The molecule has 0 aromatic heterocycles. The van der Waals surface area contributed by atoms with Crippen LogP contribution in [0.15, 0.2) is 4.99 Å². The maximum Gasteiger partial charge on any atom is 0.188 e. The van der Waals surface area contributed by atoms with Gasteiger partial charge in [-0.15, -0.1) is 24.0 Å². The van der Waals surface area contributed by atoms with Gasteiger partial charge in [-0.3, -0.25) is 9.89 Å². The summed E-state index contributed by atoms with van der Waals surface area (Å²) in [5.41, 5.74) is 5.86. The summed E-state index contributed by atoms with van der Waals surface area (Å²) in [6.07, 6.45) is 3.81. The van der Waals surface area contributed by atoms with E-state index in [-0.39, 0.29) is 24.0 Å². The van der Waals surface area contributed by atoms with Crippen LogP contribution < -0.4 is 11.1 Å². The number of nitrogens with two attached hydrogens (primary N) is 1. The molecule has 4 nitrogen and oxygen atoms in total. The second kappa shape index (κ2) is 6.78. The number of rotatable bonds is 4. The van der Waals surface area contributed by atoms with Crippen LogP contribution in [0.5, 0.6) is 0 Å². The van der Waals surface area contributed by atoms with Crippen LogP contribution in [0.3, 0.4) is 0 Å². The highest BCUT2D eigenvalue weighted by molar-refractivity contribution is 14.0. The third-order valence-electron chi connectivity index (χ3n) is 3.82. The first-order chi connectivity index (χ1) is 7.70. The van der Waals surface area contributed by atoms with E-state index in [0.717, 1.165) is 19.0 Å². The SMILES string of the molecule is CCN1CCCC1CN=C(N)NC1CC1C.I. The Bertz CT molecular complexity index is 269. The van der Waals surface area contributed by atoms with Crippen molar-refractivity contribution >= 4 is 29.9 Å². The molecule has 0 aromatic rings. The summed E-state index contributed by atoms with van der Waals surface area (Å²) < 4.78 is 0. The Morgan fingerprint density at radius 2 is 2.24 bits per heavy atom. The molecule has 2 rings (SSSR count). The lowest BCUT2D eigenvalue weighted by Gasteiger charge is -2.20. The summed E-state index contributed by atoms with van der Waals surface area (Å²) in [5.74, 6) is 1.41. The molecule has 2 aliphatic rings. The van der Waals surface area contributed by atoms with E-state index in [1.54, 1.807) is 0 Å². The van der Waals surface area contributed by atoms with Crippen molar-refractivity contribution < 1.29 is 0 Å². The van der Waals surface area contributed by atoms with Gasteiger partial charge in [-0.1, -0.05) is 13.8 Å². The minimum atomic E-state index is 0. The van der Waals surface area contributed by atoms with E-state index in [4.69, 9.17) is 5.73 Å². The summed E-state index contributed by atoms with van der Waals surface area (Å²) in [4.78, 5) is 6.96. The fraction of sp³-hybridized carbons (Fsp3) is 0.917. The molecule has 1 aliphatic heterocycles. The van der Waals surface area contributed by atoms with Gasteiger partial charge in [0.1, 0.15) is 0 Å². The normalized spacial score (nSPS) is 33.3. The average Bonchev–Trinajstić information content (AvgIpc) is 2.81. The second-order valence-corrected chi connectivity index (χ2v) is 5.11. The van der Waals surface area contributed by atoms with E-state index in [0.29, 0.717) is 18.0 Å². The lowest BCUT2D eigenvalue weighted by Crippen LogP contribution is -2.37. The van der Waals surface area contributed by atoms with E-state index in [2.05, 4.69) is 29.1 Å². The summed E-state index contributed by atoms with van der Waals surface area (Å²) in [7, 11) is 0. The molecule has 1 saturated carbocycles. The van der Waals surface area contributed by atoms with Gasteiger partial charge in [-0.25, -0.2) is 0 Å². The van der Waals surface area contributed by atoms with Gasteiger partial charge in [0.25, 0.3) is 0 Å². The van der Waals surface area contributed by atoms with Crippen LogP contribution in [0.25, 0.3) is 0 Å². The zero-order chi connectivity index (χ0) is 11.5. The van der Waals surface area contributed by atoms with Gasteiger partial charge in [0.2, 0.25) is 0 Å². The van der Waals surface area contributed by atoms with Crippen molar-refractivity contribution in [2.24, 2.45) is 16.6 Å². The standard InChI is InChI=1S/C12H24N4.HI/c1-3-16-6-4-5-10(16)8-14-12(13)15-11-7-9(11)2;/h9-11H,3-8H2,1-2H3,(H3,13,14,15);1H. The lowest BCUT2D eigenvalue weighted by atomic mass is 10.2. The third-order valence-corrected chi connectivity index (χ3v) is 3.82. The number of hydrogen-bond donors (Lipinski definition) is 2. The highest BCUT2D eigenvalue weighted by Gasteiger charge is 2.32. The molecule has 0 spiro atoms. The van der Waals surface area contributed by atoms with E-state index in [1.807, 2.05) is 0 Å². The number of likely N-dealkylation sites (tertiary alicyclic amines) is 1. The maximum atomic E-state index is 5.86. The quantitative estimate of drug-likeness (QED) is 0.457. The van der Waals surface area contributed by atoms with Gasteiger partial charge in [0.05, 0.1) is 6.54 Å². The van der Waals surface area contributed by atoms with Crippen molar-refractivity contribution in [2.45, 2.75) is 45.2 Å². The van der Waals surface area contributed by atoms with E-state index < -0.39 is 0 Å². The van der Waals surface area contributed by atoms with E-state index in [1.165, 1.54) is 25.8 Å². The molecule has 3 unspecified atom stereocenters. The highest BCUT2D eigenvalue weighted by atomic mass is 127. The summed E-state index contributed by atoms with van der Waals surface area (Å²) in [6.45, 7) is 7.67. The Morgan fingerprint density at radius 3 is 2.82 bits per heavy atom. The summed E-state index contributed by atoms with van der Waals surface area (Å²) >= 11 is 0. The largest absolute Gasteiger partial charge is 0.370 e. The Kier molecular flexibility index (Phi) is 5.99. The first-order valence-electron chi connectivity index (χ1n) is 6.51. The van der Waals surface area contributed by atoms with Gasteiger partial charge >= 0.3 is 0 Å². The predicted octanol–water partition coefficient (Wildman–Crippen LogP) is 1.40. The second-order valence-electron chi connectivity index (χ2n) is 5.11. The molecule has 0 aromatic carbocycles. The number of aliphatic imine (C=N–C) groups is 1. The fourth-order valence-electron chi connectivity index (χ4n) is 2.48. The van der Waals surface area contributed by atoms with E-state index >= 15 is 0 Å². The van der Waals surface area contributed by atoms with Crippen LogP contribution in [0.1, 0.15) is 33.1 Å². The van der Waals surface area contributed by atoms with Crippen LogP contribution >= 0.6 is 24.0 Å². The molecule has 2 fully saturated rings. The fourth-order valence-corrected chi connectivity index (χ4v) is 2.48. The lowest BCUT2D eigenvalue weighted by molar-refractivity contribution is 0.273. The Labute approximate surface area is 121 Å². The molecule has 17 heavy (non-hydrogen) atoms. The molecule has 1 heterocycles. The van der Waals surface area contributed by atoms with Crippen LogP contribution in [0.4, 0.5) is 0 Å². The molecule has 0 bridgehead atoms. The van der Waals surface area contributed by atoms with Crippen molar-refractivity contribution in [3.8, 4) is 0 Å². The molecular formula is C12H25IN4. The van der Waals surface area contributed by atoms with Gasteiger partial charge in [-0.05, 0) is 38.3 Å². The number of guanidine groups is 1. The molecule has 0 amide bonds. The molecule has 0 radical (unpaired) electrons. The van der Waals surface area contributed by atoms with Crippen LogP contribution in [-0.4, -0.2) is 42.6 Å². The number of nitrogens with zero attached hydrogens (tertiary/aromatic N) is 2. The topological polar surface area (TPSA) is 53.6 Å². The molecule has 100 valence electrons. The summed E-state index contributed by atoms with van der Waals surface area (Å²) in [6, 6.07) is 1.19. The van der Waals surface area contributed by atoms with Gasteiger partial charge in [-0.2, -0.15) is 0 Å². The molecule has 1 saturated heterocycles. The first kappa shape index (κ1) is 15.0. The highest BCUT2D eigenvalue weighted by Crippen LogP contribution is 2.28. The molecule has 3 atom stereocenters. The maximum absolute atomic E-state index is 5.86. The summed E-state index contributed by atoms with van der Waals surface area (Å²) in [5, 5.41) is 3.27. The molecule has 1 aliphatic carbocycles. The average molecular weight is 352 g/mol. The first-order valence-corrected chi connectivity index (χ1v) is 6.51. The molecule has 5 heteroatoms. The van der Waals surface area contributed by atoms with Crippen molar-refractivity contribution in [2.75, 3.05) is 19.6 Å². The zero-order valence-corrected chi connectivity index (χ0v) is 13.2. The number of likely N-dealkylation sites (N-methyl/N-ethyl adjacent to an activating group) is 1. The van der Waals surface area contributed by atoms with Gasteiger partial charge in [0.15, 0.2) is 5.96 Å². The Morgan fingerprint density at radius 1 is 1.53 bits per heavy atom. The number of nitrogens with one attached hydrogen (secondary N) is 1. The predicted molar refractivity (Wildman–Crippen MR) is 82.9 cm³/mol. The van der Waals surface area contributed by atoms with E-state index in [9.17, 15) is 0 Å². The van der Waals surface area contributed by atoms with Crippen molar-refractivity contribution in [3.05, 3.63) is 0 Å². The van der Waals surface area contributed by atoms with Crippen molar-refractivity contribution in [1.29, 1.82) is 0 Å².